The number of carbonyl (C=O) groups excluding carboxylic acids is 1. The largest absolute Gasteiger partial charge is 0.348 e. The van der Waals surface area contributed by atoms with Gasteiger partial charge in [-0.1, -0.05) is 18.2 Å². The molecule has 0 aliphatic heterocycles. The standard InChI is InChI=1S/C17H16N2OS/c1-12-6-7-15(21-2)9-16(12)17(20)19-11-14-5-3-4-13(8-14)10-18/h3-9H,11H2,1-2H3,(H,19,20). The van der Waals surface area contributed by atoms with Crippen LogP contribution < -0.4 is 5.32 Å². The van der Waals surface area contributed by atoms with E-state index in [1.54, 1.807) is 23.9 Å². The summed E-state index contributed by atoms with van der Waals surface area (Å²) >= 11 is 1.61. The molecule has 4 heteroatoms. The van der Waals surface area contributed by atoms with Crippen molar-refractivity contribution in [2.75, 3.05) is 6.26 Å². The Morgan fingerprint density at radius 3 is 2.81 bits per heavy atom. The van der Waals surface area contributed by atoms with Crippen LogP contribution in [0.5, 0.6) is 0 Å². The number of nitriles is 1. The van der Waals surface area contributed by atoms with E-state index in [0.717, 1.165) is 16.0 Å². The Hall–Kier alpha value is -2.25. The molecule has 0 bridgehead atoms. The number of rotatable bonds is 4. The first-order chi connectivity index (χ1) is 10.1. The molecule has 2 aromatic carbocycles. The second-order valence-corrected chi connectivity index (χ2v) is 5.56. The smallest absolute Gasteiger partial charge is 0.251 e. The molecular weight excluding hydrogens is 280 g/mol. The molecule has 106 valence electrons. The van der Waals surface area contributed by atoms with Crippen LogP contribution in [0.25, 0.3) is 0 Å². The Morgan fingerprint density at radius 1 is 1.29 bits per heavy atom. The van der Waals surface area contributed by atoms with Gasteiger partial charge in [-0.2, -0.15) is 5.26 Å². The van der Waals surface area contributed by atoms with E-state index in [1.807, 2.05) is 43.5 Å². The molecule has 2 aromatic rings. The van der Waals surface area contributed by atoms with E-state index in [4.69, 9.17) is 5.26 Å². The number of thioether (sulfide) groups is 1. The second-order valence-electron chi connectivity index (χ2n) is 4.68. The van der Waals surface area contributed by atoms with Gasteiger partial charge in [0, 0.05) is 17.0 Å². The van der Waals surface area contributed by atoms with Crippen molar-refractivity contribution in [3.8, 4) is 6.07 Å². The van der Waals surface area contributed by atoms with Gasteiger partial charge in [0.25, 0.3) is 5.91 Å². The fourth-order valence-electron chi connectivity index (χ4n) is 2.00. The lowest BCUT2D eigenvalue weighted by Crippen LogP contribution is -2.23. The van der Waals surface area contributed by atoms with Crippen LogP contribution in [0.1, 0.15) is 27.0 Å². The van der Waals surface area contributed by atoms with Crippen molar-refractivity contribution < 1.29 is 4.79 Å². The summed E-state index contributed by atoms with van der Waals surface area (Å²) in [6, 6.07) is 15.2. The summed E-state index contributed by atoms with van der Waals surface area (Å²) in [4.78, 5) is 13.3. The molecule has 0 radical (unpaired) electrons. The number of nitrogens with zero attached hydrogens (tertiary/aromatic N) is 1. The van der Waals surface area contributed by atoms with E-state index < -0.39 is 0 Å². The fraction of sp³-hybridized carbons (Fsp3) is 0.176. The van der Waals surface area contributed by atoms with Crippen LogP contribution in [0.15, 0.2) is 47.4 Å². The maximum Gasteiger partial charge on any atom is 0.251 e. The van der Waals surface area contributed by atoms with Crippen molar-refractivity contribution in [3.63, 3.8) is 0 Å². The predicted octanol–water partition coefficient (Wildman–Crippen LogP) is 3.52. The third kappa shape index (κ3) is 3.87. The highest BCUT2D eigenvalue weighted by Gasteiger charge is 2.09. The van der Waals surface area contributed by atoms with Crippen molar-refractivity contribution in [1.29, 1.82) is 5.26 Å². The van der Waals surface area contributed by atoms with Gasteiger partial charge >= 0.3 is 0 Å². The fourth-order valence-corrected chi connectivity index (χ4v) is 2.44. The molecule has 0 aliphatic rings. The molecule has 0 aromatic heterocycles. The molecule has 0 atom stereocenters. The highest BCUT2D eigenvalue weighted by molar-refractivity contribution is 7.98. The van der Waals surface area contributed by atoms with Crippen LogP contribution in [0, 0.1) is 18.3 Å². The van der Waals surface area contributed by atoms with Crippen LogP contribution >= 0.6 is 11.8 Å². The summed E-state index contributed by atoms with van der Waals surface area (Å²) in [7, 11) is 0. The summed E-state index contributed by atoms with van der Waals surface area (Å²) in [5.74, 6) is -0.0919. The van der Waals surface area contributed by atoms with E-state index in [0.29, 0.717) is 17.7 Å². The number of amides is 1. The Labute approximate surface area is 129 Å². The van der Waals surface area contributed by atoms with Gasteiger partial charge in [0.15, 0.2) is 0 Å². The Balaban J connectivity index is 2.10. The average molecular weight is 296 g/mol. The first kappa shape index (κ1) is 15.1. The normalized spacial score (nSPS) is 9.95. The van der Waals surface area contributed by atoms with Crippen molar-refractivity contribution in [1.82, 2.24) is 5.32 Å². The molecule has 1 amide bonds. The predicted molar refractivity (Wildman–Crippen MR) is 85.3 cm³/mol. The number of hydrogen-bond acceptors (Lipinski definition) is 3. The lowest BCUT2D eigenvalue weighted by atomic mass is 10.1. The number of carbonyl (C=O) groups is 1. The van der Waals surface area contributed by atoms with Gasteiger partial charge in [0.1, 0.15) is 0 Å². The van der Waals surface area contributed by atoms with Gasteiger partial charge in [-0.3, -0.25) is 4.79 Å². The minimum absolute atomic E-state index is 0.0919. The van der Waals surface area contributed by atoms with Crippen molar-refractivity contribution in [2.45, 2.75) is 18.4 Å². The molecule has 0 fully saturated rings. The van der Waals surface area contributed by atoms with Gasteiger partial charge < -0.3 is 5.32 Å². The number of nitrogens with one attached hydrogen (secondary N) is 1. The number of benzene rings is 2. The molecule has 0 heterocycles. The second kappa shape index (κ2) is 6.96. The average Bonchev–Trinajstić information content (AvgIpc) is 2.53. The van der Waals surface area contributed by atoms with E-state index >= 15 is 0 Å². The third-order valence-electron chi connectivity index (χ3n) is 3.20. The first-order valence-corrected chi connectivity index (χ1v) is 7.78. The van der Waals surface area contributed by atoms with Crippen LogP contribution in [0.2, 0.25) is 0 Å². The molecule has 21 heavy (non-hydrogen) atoms. The third-order valence-corrected chi connectivity index (χ3v) is 3.92. The van der Waals surface area contributed by atoms with Crippen molar-refractivity contribution >= 4 is 17.7 Å². The summed E-state index contributed by atoms with van der Waals surface area (Å²) in [6.45, 7) is 2.34. The molecule has 0 unspecified atom stereocenters. The zero-order chi connectivity index (χ0) is 15.2. The zero-order valence-electron chi connectivity index (χ0n) is 12.0. The van der Waals surface area contributed by atoms with E-state index in [9.17, 15) is 4.79 Å². The summed E-state index contributed by atoms with van der Waals surface area (Å²) in [5.41, 5.74) is 3.16. The van der Waals surface area contributed by atoms with Gasteiger partial charge in [0.05, 0.1) is 11.6 Å². The van der Waals surface area contributed by atoms with Gasteiger partial charge in [-0.15, -0.1) is 11.8 Å². The van der Waals surface area contributed by atoms with E-state index in [2.05, 4.69) is 11.4 Å². The SMILES string of the molecule is CSc1ccc(C)c(C(=O)NCc2cccc(C#N)c2)c1. The van der Waals surface area contributed by atoms with Gasteiger partial charge in [0.2, 0.25) is 0 Å². The molecular formula is C17H16N2OS. The number of hydrogen-bond donors (Lipinski definition) is 1. The maximum absolute atomic E-state index is 12.3. The zero-order valence-corrected chi connectivity index (χ0v) is 12.8. The maximum atomic E-state index is 12.3. The van der Waals surface area contributed by atoms with E-state index in [-0.39, 0.29) is 5.91 Å². The Kier molecular flexibility index (Phi) is 5.02. The molecule has 0 aliphatic carbocycles. The lowest BCUT2D eigenvalue weighted by Gasteiger charge is -2.09. The number of aryl methyl sites for hydroxylation is 1. The highest BCUT2D eigenvalue weighted by atomic mass is 32.2. The Bertz CT molecular complexity index is 704. The summed E-state index contributed by atoms with van der Waals surface area (Å²) in [5, 5.41) is 11.8. The molecule has 0 spiro atoms. The van der Waals surface area contributed by atoms with Gasteiger partial charge in [-0.25, -0.2) is 0 Å². The quantitative estimate of drug-likeness (QED) is 0.878. The minimum Gasteiger partial charge on any atom is -0.348 e. The Morgan fingerprint density at radius 2 is 2.10 bits per heavy atom. The molecule has 3 nitrogen and oxygen atoms in total. The first-order valence-electron chi connectivity index (χ1n) is 6.56. The monoisotopic (exact) mass is 296 g/mol. The van der Waals surface area contributed by atoms with Crippen LogP contribution in [-0.2, 0) is 6.54 Å². The van der Waals surface area contributed by atoms with E-state index in [1.165, 1.54) is 0 Å². The van der Waals surface area contributed by atoms with Crippen molar-refractivity contribution in [2.24, 2.45) is 0 Å². The topological polar surface area (TPSA) is 52.9 Å². The summed E-state index contributed by atoms with van der Waals surface area (Å²) in [6.07, 6.45) is 1.99. The molecule has 2 rings (SSSR count). The van der Waals surface area contributed by atoms with Gasteiger partial charge in [-0.05, 0) is 48.6 Å². The minimum atomic E-state index is -0.0919. The molecule has 1 N–H and O–H groups in total. The molecule has 0 saturated heterocycles. The molecule has 0 saturated carbocycles. The van der Waals surface area contributed by atoms with Crippen molar-refractivity contribution in [3.05, 3.63) is 64.7 Å². The van der Waals surface area contributed by atoms with Crippen LogP contribution in [0.3, 0.4) is 0 Å². The van der Waals surface area contributed by atoms with Crippen LogP contribution in [-0.4, -0.2) is 12.2 Å². The summed E-state index contributed by atoms with van der Waals surface area (Å²) < 4.78 is 0. The lowest BCUT2D eigenvalue weighted by molar-refractivity contribution is 0.0950. The van der Waals surface area contributed by atoms with Crippen LogP contribution in [0.4, 0.5) is 0 Å². The highest BCUT2D eigenvalue weighted by Crippen LogP contribution is 2.19.